The molecule has 11 heteroatoms. The number of benzene rings is 2. The Morgan fingerprint density at radius 1 is 1.09 bits per heavy atom. The topological polar surface area (TPSA) is 137 Å². The van der Waals surface area contributed by atoms with Crippen LogP contribution in [0, 0.1) is 0 Å². The number of nitrogens with one attached hydrogen (secondary N) is 1. The highest BCUT2D eigenvalue weighted by atomic mass is 35.5. The molecule has 0 aliphatic rings. The molecule has 182 valence electrons. The molecule has 3 N–H and O–H groups in total. The maximum absolute atomic E-state index is 12.5. The van der Waals surface area contributed by atoms with Gasteiger partial charge in [0.1, 0.15) is 0 Å². The van der Waals surface area contributed by atoms with Gasteiger partial charge in [-0.25, -0.2) is 18.4 Å². The molecule has 0 amide bonds. The Hall–Kier alpha value is -3.34. The van der Waals surface area contributed by atoms with E-state index in [0.29, 0.717) is 17.1 Å². The van der Waals surface area contributed by atoms with Crippen LogP contribution >= 0.6 is 11.6 Å². The first kappa shape index (κ1) is 23.8. The van der Waals surface area contributed by atoms with Crippen molar-refractivity contribution in [2.24, 2.45) is 0 Å². The first-order valence-corrected chi connectivity index (χ1v) is 12.4. The zero-order valence-electron chi connectivity index (χ0n) is 18.8. The molecule has 0 spiro atoms. The molecule has 2 aromatic carbocycles. The van der Waals surface area contributed by atoms with Crippen LogP contribution in [0.1, 0.15) is 23.7 Å². The SMILES string of the molecule is CNCc1ccc(-c2nnc(-c3nc(-c4ccc(S(=O)(=O)C(C)C)c(Cl)c4)cnc3N)o2)cc1.[HH].[HH].[HH]. The van der Waals surface area contributed by atoms with Gasteiger partial charge in [0.15, 0.2) is 21.3 Å². The number of nitrogens with two attached hydrogens (primary N) is 1. The molecular weight excluding hydrogens is 476 g/mol. The van der Waals surface area contributed by atoms with Gasteiger partial charge in [-0.2, -0.15) is 0 Å². The maximum atomic E-state index is 12.5. The van der Waals surface area contributed by atoms with Gasteiger partial charge in [0, 0.05) is 22.0 Å². The van der Waals surface area contributed by atoms with Crippen molar-refractivity contribution in [2.45, 2.75) is 30.5 Å². The van der Waals surface area contributed by atoms with Gasteiger partial charge >= 0.3 is 0 Å². The largest absolute Gasteiger partial charge is 0.414 e. The fourth-order valence-electron chi connectivity index (χ4n) is 3.24. The van der Waals surface area contributed by atoms with Gasteiger partial charge in [0.2, 0.25) is 5.89 Å². The van der Waals surface area contributed by atoms with Crippen LogP contribution in [0.4, 0.5) is 5.82 Å². The summed E-state index contributed by atoms with van der Waals surface area (Å²) in [6.07, 6.45) is 1.47. The fraction of sp³-hybridized carbons (Fsp3) is 0.217. The summed E-state index contributed by atoms with van der Waals surface area (Å²) in [5, 5.41) is 10.8. The predicted octanol–water partition coefficient (Wildman–Crippen LogP) is 4.74. The van der Waals surface area contributed by atoms with E-state index in [1.54, 1.807) is 19.9 Å². The maximum Gasteiger partial charge on any atom is 0.270 e. The Kier molecular flexibility index (Phi) is 6.65. The molecule has 0 fully saturated rings. The molecule has 0 bridgehead atoms. The van der Waals surface area contributed by atoms with Crippen LogP contribution < -0.4 is 11.1 Å². The first-order valence-electron chi connectivity index (χ1n) is 10.4. The summed E-state index contributed by atoms with van der Waals surface area (Å²) in [5.41, 5.74) is 9.13. The van der Waals surface area contributed by atoms with Crippen LogP contribution in [-0.2, 0) is 16.4 Å². The lowest BCUT2D eigenvalue weighted by Gasteiger charge is -2.11. The number of anilines is 1. The lowest BCUT2D eigenvalue weighted by atomic mass is 10.1. The van der Waals surface area contributed by atoms with Crippen molar-refractivity contribution in [1.82, 2.24) is 25.5 Å². The van der Waals surface area contributed by atoms with Gasteiger partial charge in [-0.1, -0.05) is 29.8 Å². The van der Waals surface area contributed by atoms with E-state index in [0.717, 1.165) is 17.7 Å². The van der Waals surface area contributed by atoms with Gasteiger partial charge in [-0.05, 0) is 50.7 Å². The number of rotatable bonds is 7. The Balaban J connectivity index is 0.00000228. The minimum absolute atomic E-state index is 0. The number of halogens is 1. The van der Waals surface area contributed by atoms with Crippen LogP contribution in [0.15, 0.2) is 58.0 Å². The molecule has 0 unspecified atom stereocenters. The van der Waals surface area contributed by atoms with Crippen LogP contribution in [0.5, 0.6) is 0 Å². The van der Waals surface area contributed by atoms with Crippen LogP contribution in [-0.4, -0.2) is 40.9 Å². The molecule has 4 rings (SSSR count). The third kappa shape index (κ3) is 4.65. The average Bonchev–Trinajstić information content (AvgIpc) is 3.30. The third-order valence-corrected chi connectivity index (χ3v) is 7.80. The summed E-state index contributed by atoms with van der Waals surface area (Å²) in [7, 11) is -1.64. The van der Waals surface area contributed by atoms with E-state index < -0.39 is 15.1 Å². The Morgan fingerprint density at radius 3 is 2.41 bits per heavy atom. The van der Waals surface area contributed by atoms with Gasteiger partial charge in [-0.3, -0.25) is 0 Å². The molecule has 0 atom stereocenters. The number of hydrogen-bond donors (Lipinski definition) is 2. The number of nitrogens with zero attached hydrogens (tertiary/aromatic N) is 4. The van der Waals surface area contributed by atoms with Crippen molar-refractivity contribution in [3.63, 3.8) is 0 Å². The van der Waals surface area contributed by atoms with E-state index in [1.807, 2.05) is 31.3 Å². The molecule has 34 heavy (non-hydrogen) atoms. The molecule has 9 nitrogen and oxygen atoms in total. The second-order valence-corrected chi connectivity index (χ2v) is 10.7. The summed E-state index contributed by atoms with van der Waals surface area (Å²) in [5.74, 6) is 0.559. The van der Waals surface area contributed by atoms with E-state index in [4.69, 9.17) is 21.8 Å². The monoisotopic (exact) mass is 504 g/mol. The van der Waals surface area contributed by atoms with Gasteiger partial charge in [0.05, 0.1) is 27.1 Å². The number of aromatic nitrogens is 4. The number of nitrogen functional groups attached to an aromatic ring is 1. The lowest BCUT2D eigenvalue weighted by molar-refractivity contribution is 0.582. The minimum atomic E-state index is -3.52. The zero-order chi connectivity index (χ0) is 24.5. The first-order chi connectivity index (χ1) is 16.2. The number of sulfone groups is 1. The summed E-state index contributed by atoms with van der Waals surface area (Å²) in [6.45, 7) is 3.96. The third-order valence-electron chi connectivity index (χ3n) is 5.16. The molecule has 0 saturated heterocycles. The van der Waals surface area contributed by atoms with Crippen molar-refractivity contribution in [3.05, 3.63) is 59.2 Å². The van der Waals surface area contributed by atoms with Gasteiger partial charge in [-0.15, -0.1) is 10.2 Å². The number of hydrogen-bond acceptors (Lipinski definition) is 9. The van der Waals surface area contributed by atoms with E-state index in [1.165, 1.54) is 18.3 Å². The van der Waals surface area contributed by atoms with Crippen LogP contribution in [0.3, 0.4) is 0 Å². The van der Waals surface area contributed by atoms with Gasteiger partial charge < -0.3 is 15.5 Å². The standard InChI is InChI=1S/C23H23ClN6O3S.3H2/c1-13(2)34(31,32)19-9-8-16(10-17(19)24)18-12-27-21(25)20(28-18)23-30-29-22(33-23)15-6-4-14(5-7-15)11-26-3;;;/h4-10,12-13,26H,11H2,1-3H3,(H2,25,27);3*1H. The van der Waals surface area contributed by atoms with Crippen molar-refractivity contribution >= 4 is 27.3 Å². The molecule has 2 aromatic heterocycles. The molecule has 4 aromatic rings. The quantitative estimate of drug-likeness (QED) is 0.365. The van der Waals surface area contributed by atoms with Crippen LogP contribution in [0.2, 0.25) is 5.02 Å². The van der Waals surface area contributed by atoms with E-state index >= 15 is 0 Å². The van der Waals surface area contributed by atoms with Crippen molar-refractivity contribution in [2.75, 3.05) is 12.8 Å². The summed E-state index contributed by atoms with van der Waals surface area (Å²) in [4.78, 5) is 8.79. The highest BCUT2D eigenvalue weighted by Crippen LogP contribution is 2.32. The second kappa shape index (κ2) is 9.49. The minimum Gasteiger partial charge on any atom is -0.414 e. The molecule has 2 heterocycles. The summed E-state index contributed by atoms with van der Waals surface area (Å²) in [6, 6.07) is 12.3. The fourth-order valence-corrected chi connectivity index (χ4v) is 4.84. The van der Waals surface area contributed by atoms with E-state index in [-0.39, 0.29) is 31.6 Å². The Bertz CT molecular complexity index is 1450. The van der Waals surface area contributed by atoms with Crippen molar-refractivity contribution in [3.8, 4) is 34.3 Å². The lowest BCUT2D eigenvalue weighted by Crippen LogP contribution is -2.14. The smallest absolute Gasteiger partial charge is 0.270 e. The molecule has 0 aliphatic carbocycles. The zero-order valence-corrected chi connectivity index (χ0v) is 20.4. The Morgan fingerprint density at radius 2 is 1.76 bits per heavy atom. The van der Waals surface area contributed by atoms with Crippen molar-refractivity contribution in [1.29, 1.82) is 0 Å². The van der Waals surface area contributed by atoms with Gasteiger partial charge in [0.25, 0.3) is 5.89 Å². The molecule has 0 saturated carbocycles. The predicted molar refractivity (Wildman–Crippen MR) is 137 cm³/mol. The van der Waals surface area contributed by atoms with Crippen molar-refractivity contribution < 1.29 is 17.1 Å². The Labute approximate surface area is 206 Å². The summed E-state index contributed by atoms with van der Waals surface area (Å²) < 4.78 is 30.8. The highest BCUT2D eigenvalue weighted by Gasteiger charge is 2.23. The highest BCUT2D eigenvalue weighted by molar-refractivity contribution is 7.92. The van der Waals surface area contributed by atoms with Crippen LogP contribution in [0.25, 0.3) is 34.3 Å². The second-order valence-electron chi connectivity index (χ2n) is 7.87. The average molecular weight is 505 g/mol. The van der Waals surface area contributed by atoms with E-state index in [2.05, 4.69) is 25.5 Å². The molecule has 0 aliphatic heterocycles. The molecular formula is C23H29ClN6O3S. The normalized spacial score (nSPS) is 11.8. The summed E-state index contributed by atoms with van der Waals surface area (Å²) >= 11 is 6.30. The molecule has 0 radical (unpaired) electrons. The van der Waals surface area contributed by atoms with E-state index in [9.17, 15) is 8.42 Å².